The molecule has 0 bridgehead atoms. The molecule has 0 atom stereocenters. The standard InChI is InChI=1S/C7H5BrF3NO/c8-4-2-5(12)3(1-6(4)13)7(9,10)11/h1-2,13H,12H2. The summed E-state index contributed by atoms with van der Waals surface area (Å²) < 4.78 is 36.6. The summed E-state index contributed by atoms with van der Waals surface area (Å²) in [4.78, 5) is 0. The predicted molar refractivity (Wildman–Crippen MR) is 45.2 cm³/mol. The van der Waals surface area contributed by atoms with Crippen LogP contribution in [0.4, 0.5) is 18.9 Å². The first-order chi connectivity index (χ1) is 5.82. The van der Waals surface area contributed by atoms with Crippen LogP contribution >= 0.6 is 15.9 Å². The van der Waals surface area contributed by atoms with Crippen molar-refractivity contribution >= 4 is 21.6 Å². The van der Waals surface area contributed by atoms with Gasteiger partial charge in [0.1, 0.15) is 5.75 Å². The van der Waals surface area contributed by atoms with E-state index in [1.54, 1.807) is 0 Å². The fourth-order valence-corrected chi connectivity index (χ4v) is 1.18. The number of nitrogen functional groups attached to an aromatic ring is 1. The Morgan fingerprint density at radius 1 is 1.31 bits per heavy atom. The van der Waals surface area contributed by atoms with Crippen molar-refractivity contribution in [3.8, 4) is 5.75 Å². The average molecular weight is 256 g/mol. The molecule has 0 fully saturated rings. The predicted octanol–water partition coefficient (Wildman–Crippen LogP) is 2.76. The van der Waals surface area contributed by atoms with Crippen LogP contribution in [0.25, 0.3) is 0 Å². The molecular weight excluding hydrogens is 251 g/mol. The molecular formula is C7H5BrF3NO. The number of aromatic hydroxyl groups is 1. The van der Waals surface area contributed by atoms with Crippen molar-refractivity contribution < 1.29 is 18.3 Å². The topological polar surface area (TPSA) is 46.2 Å². The minimum absolute atomic E-state index is 0.137. The van der Waals surface area contributed by atoms with Crippen LogP contribution in [-0.2, 0) is 6.18 Å². The number of benzene rings is 1. The largest absolute Gasteiger partial charge is 0.507 e. The minimum Gasteiger partial charge on any atom is -0.507 e. The molecule has 0 aliphatic rings. The molecule has 0 saturated carbocycles. The van der Waals surface area contributed by atoms with Crippen LogP contribution in [0.2, 0.25) is 0 Å². The lowest BCUT2D eigenvalue weighted by atomic mass is 10.1. The molecule has 0 aliphatic carbocycles. The Balaban J connectivity index is 3.32. The number of anilines is 1. The van der Waals surface area contributed by atoms with E-state index < -0.39 is 23.2 Å². The summed E-state index contributed by atoms with van der Waals surface area (Å²) >= 11 is 2.85. The Morgan fingerprint density at radius 3 is 2.31 bits per heavy atom. The van der Waals surface area contributed by atoms with Gasteiger partial charge in [0.25, 0.3) is 0 Å². The molecule has 0 unspecified atom stereocenters. The normalized spacial score (nSPS) is 11.7. The number of halogens is 4. The second-order valence-electron chi connectivity index (χ2n) is 2.39. The first kappa shape index (κ1) is 10.2. The second-order valence-corrected chi connectivity index (χ2v) is 3.24. The zero-order chi connectivity index (χ0) is 10.2. The number of hydrogen-bond acceptors (Lipinski definition) is 2. The summed E-state index contributed by atoms with van der Waals surface area (Å²) in [7, 11) is 0. The van der Waals surface area contributed by atoms with Crippen LogP contribution in [0, 0.1) is 0 Å². The summed E-state index contributed by atoms with van der Waals surface area (Å²) in [5.74, 6) is -0.485. The van der Waals surface area contributed by atoms with Gasteiger partial charge in [-0.15, -0.1) is 0 Å². The van der Waals surface area contributed by atoms with Gasteiger partial charge in [-0.1, -0.05) is 0 Å². The van der Waals surface area contributed by atoms with Gasteiger partial charge in [0.2, 0.25) is 0 Å². The third kappa shape index (κ3) is 2.06. The van der Waals surface area contributed by atoms with Crippen LogP contribution in [0.5, 0.6) is 5.75 Å². The van der Waals surface area contributed by atoms with Crippen molar-refractivity contribution in [2.45, 2.75) is 6.18 Å². The van der Waals surface area contributed by atoms with Gasteiger partial charge in [0.15, 0.2) is 0 Å². The van der Waals surface area contributed by atoms with Crippen LogP contribution < -0.4 is 5.73 Å². The van der Waals surface area contributed by atoms with Crippen molar-refractivity contribution in [2.24, 2.45) is 0 Å². The average Bonchev–Trinajstić information content (AvgIpc) is 1.94. The van der Waals surface area contributed by atoms with Crippen molar-refractivity contribution in [1.29, 1.82) is 0 Å². The molecule has 1 rings (SSSR count). The zero-order valence-electron chi connectivity index (χ0n) is 6.19. The van der Waals surface area contributed by atoms with E-state index in [0.29, 0.717) is 6.07 Å². The van der Waals surface area contributed by atoms with E-state index in [0.717, 1.165) is 6.07 Å². The molecule has 0 heterocycles. The molecule has 2 nitrogen and oxygen atoms in total. The van der Waals surface area contributed by atoms with Crippen molar-refractivity contribution in [3.63, 3.8) is 0 Å². The van der Waals surface area contributed by atoms with Crippen molar-refractivity contribution in [2.75, 3.05) is 5.73 Å². The Kier molecular flexibility index (Phi) is 2.42. The van der Waals surface area contributed by atoms with Crippen molar-refractivity contribution in [3.05, 3.63) is 22.2 Å². The third-order valence-corrected chi connectivity index (χ3v) is 2.06. The van der Waals surface area contributed by atoms with E-state index in [4.69, 9.17) is 10.8 Å². The van der Waals surface area contributed by atoms with E-state index in [1.165, 1.54) is 0 Å². The molecule has 0 amide bonds. The second kappa shape index (κ2) is 3.10. The van der Waals surface area contributed by atoms with Gasteiger partial charge < -0.3 is 10.8 Å². The van der Waals surface area contributed by atoms with Gasteiger partial charge in [-0.25, -0.2) is 0 Å². The van der Waals surface area contributed by atoms with E-state index in [-0.39, 0.29) is 4.47 Å². The quantitative estimate of drug-likeness (QED) is 0.553. The highest BCUT2D eigenvalue weighted by Crippen LogP contribution is 2.38. The van der Waals surface area contributed by atoms with Crippen LogP contribution in [0.1, 0.15) is 5.56 Å². The van der Waals surface area contributed by atoms with Crippen molar-refractivity contribution in [1.82, 2.24) is 0 Å². The van der Waals surface area contributed by atoms with Gasteiger partial charge in [-0.3, -0.25) is 0 Å². The fraction of sp³-hybridized carbons (Fsp3) is 0.143. The molecule has 13 heavy (non-hydrogen) atoms. The molecule has 0 spiro atoms. The van der Waals surface area contributed by atoms with Gasteiger partial charge >= 0.3 is 6.18 Å². The lowest BCUT2D eigenvalue weighted by molar-refractivity contribution is -0.137. The van der Waals surface area contributed by atoms with Gasteiger partial charge in [-0.05, 0) is 28.1 Å². The first-order valence-electron chi connectivity index (χ1n) is 3.17. The summed E-state index contributed by atoms with van der Waals surface area (Å²) in [5, 5.41) is 8.99. The number of phenols is 1. The highest BCUT2D eigenvalue weighted by molar-refractivity contribution is 9.10. The number of alkyl halides is 3. The fourth-order valence-electron chi connectivity index (χ4n) is 0.823. The molecule has 0 saturated heterocycles. The molecule has 1 aromatic rings. The van der Waals surface area contributed by atoms with E-state index in [9.17, 15) is 13.2 Å². The molecule has 72 valence electrons. The van der Waals surface area contributed by atoms with E-state index in [1.807, 2.05) is 0 Å². The molecule has 6 heteroatoms. The van der Waals surface area contributed by atoms with Gasteiger partial charge in [0, 0.05) is 5.69 Å². The first-order valence-corrected chi connectivity index (χ1v) is 3.97. The highest BCUT2D eigenvalue weighted by Gasteiger charge is 2.33. The lowest BCUT2D eigenvalue weighted by Gasteiger charge is -2.10. The Hall–Kier alpha value is -0.910. The smallest absolute Gasteiger partial charge is 0.418 e. The molecule has 1 aromatic carbocycles. The maximum atomic E-state index is 12.2. The number of nitrogens with two attached hydrogens (primary N) is 1. The van der Waals surface area contributed by atoms with E-state index in [2.05, 4.69) is 15.9 Å². The highest BCUT2D eigenvalue weighted by atomic mass is 79.9. The number of hydrogen-bond donors (Lipinski definition) is 2. The molecule has 0 aliphatic heterocycles. The SMILES string of the molecule is Nc1cc(Br)c(O)cc1C(F)(F)F. The van der Waals surface area contributed by atoms with Gasteiger partial charge in [0.05, 0.1) is 10.0 Å². The minimum atomic E-state index is -4.54. The lowest BCUT2D eigenvalue weighted by Crippen LogP contribution is -2.08. The summed E-state index contributed by atoms with van der Waals surface area (Å²) in [6, 6.07) is 1.59. The third-order valence-electron chi connectivity index (χ3n) is 1.42. The Labute approximate surface area is 80.3 Å². The van der Waals surface area contributed by atoms with Crippen LogP contribution in [0.3, 0.4) is 0 Å². The zero-order valence-corrected chi connectivity index (χ0v) is 7.78. The van der Waals surface area contributed by atoms with Gasteiger partial charge in [-0.2, -0.15) is 13.2 Å². The van der Waals surface area contributed by atoms with Crippen LogP contribution in [-0.4, -0.2) is 5.11 Å². The molecule has 0 aromatic heterocycles. The maximum Gasteiger partial charge on any atom is 0.418 e. The summed E-state index contributed by atoms with van der Waals surface area (Å²) in [5.41, 5.74) is 3.66. The number of rotatable bonds is 0. The number of phenolic OH excluding ortho intramolecular Hbond substituents is 1. The Morgan fingerprint density at radius 2 is 1.85 bits per heavy atom. The monoisotopic (exact) mass is 255 g/mol. The maximum absolute atomic E-state index is 12.2. The summed E-state index contributed by atoms with van der Waals surface area (Å²) in [6.45, 7) is 0. The Bertz CT molecular complexity index is 337. The molecule has 3 N–H and O–H groups in total. The summed E-state index contributed by atoms with van der Waals surface area (Å²) in [6.07, 6.45) is -4.54. The van der Waals surface area contributed by atoms with Crippen LogP contribution in [0.15, 0.2) is 16.6 Å². The molecule has 0 radical (unpaired) electrons. The van der Waals surface area contributed by atoms with E-state index >= 15 is 0 Å².